The lowest BCUT2D eigenvalue weighted by molar-refractivity contribution is -0.117. The van der Waals surface area contributed by atoms with Crippen LogP contribution in [-0.4, -0.2) is 48.0 Å². The number of benzene rings is 1. The van der Waals surface area contributed by atoms with Gasteiger partial charge in [0.15, 0.2) is 0 Å². The molecule has 4 rings (SSSR count). The Kier molecular flexibility index (Phi) is 4.73. The first-order valence-electron chi connectivity index (χ1n) is 10.3. The molecule has 1 aromatic heterocycles. The first-order chi connectivity index (χ1) is 13.6. The maximum absolute atomic E-state index is 13.0. The van der Waals surface area contributed by atoms with Crippen LogP contribution in [-0.2, 0) is 9.53 Å². The minimum absolute atomic E-state index is 0.0921. The van der Waals surface area contributed by atoms with Crippen LogP contribution in [0.2, 0.25) is 0 Å². The predicted octanol–water partition coefficient (Wildman–Crippen LogP) is 4.10. The van der Waals surface area contributed by atoms with Gasteiger partial charge >= 0.3 is 5.97 Å². The highest BCUT2D eigenvalue weighted by molar-refractivity contribution is 6.11. The Morgan fingerprint density at radius 2 is 2.03 bits per heavy atom. The van der Waals surface area contributed by atoms with E-state index in [1.54, 1.807) is 0 Å². The summed E-state index contributed by atoms with van der Waals surface area (Å²) in [5, 5.41) is 3.81. The standard InChI is InChI=1S/C23H31N3O3/c1-14-6-7-16-17(8-14)24-20(21(28)29-5)19(16)25-18(27)11-26-13-23(4)10-15(26)9-22(2,3)12-23/h6-8,15,24H,9-13H2,1-5H3,(H,25,27)/t15-,23+/m0/s1. The molecule has 2 heterocycles. The van der Waals surface area contributed by atoms with E-state index in [4.69, 9.17) is 4.74 Å². The SMILES string of the molecule is COC(=O)c1[nH]c2cc(C)ccc2c1NC(=O)CN1C[C@]2(C)C[C@@H]1CC(C)(C)C2. The fraction of sp³-hybridized carbons (Fsp3) is 0.565. The summed E-state index contributed by atoms with van der Waals surface area (Å²) in [6.45, 7) is 10.3. The lowest BCUT2D eigenvalue weighted by Crippen LogP contribution is -2.38. The third kappa shape index (κ3) is 3.78. The second-order valence-electron chi connectivity index (χ2n) is 10.1. The van der Waals surface area contributed by atoms with Gasteiger partial charge in [-0.1, -0.05) is 32.9 Å². The van der Waals surface area contributed by atoms with E-state index in [0.29, 0.717) is 23.7 Å². The molecule has 2 bridgehead atoms. The Bertz CT molecular complexity index is 977. The number of carbonyl (C=O) groups is 2. The number of methoxy groups -OCH3 is 1. The number of hydrogen-bond acceptors (Lipinski definition) is 4. The summed E-state index contributed by atoms with van der Waals surface area (Å²) in [4.78, 5) is 30.7. The Labute approximate surface area is 172 Å². The molecule has 6 heteroatoms. The monoisotopic (exact) mass is 397 g/mol. The number of H-pyrrole nitrogens is 1. The number of likely N-dealkylation sites (tertiary alicyclic amines) is 1. The molecule has 2 fully saturated rings. The molecule has 2 aliphatic rings. The Hall–Kier alpha value is -2.34. The normalized spacial score (nSPS) is 25.9. The third-order valence-corrected chi connectivity index (χ3v) is 6.48. The predicted molar refractivity (Wildman–Crippen MR) is 114 cm³/mol. The van der Waals surface area contributed by atoms with E-state index in [1.165, 1.54) is 13.5 Å². The van der Waals surface area contributed by atoms with Crippen LogP contribution >= 0.6 is 0 Å². The first kappa shape index (κ1) is 20.0. The van der Waals surface area contributed by atoms with Crippen molar-refractivity contribution in [3.05, 3.63) is 29.5 Å². The van der Waals surface area contributed by atoms with Crippen molar-refractivity contribution in [3.8, 4) is 0 Å². The topological polar surface area (TPSA) is 74.4 Å². The number of amides is 1. The van der Waals surface area contributed by atoms with Gasteiger partial charge in [-0.15, -0.1) is 0 Å². The molecule has 2 atom stereocenters. The molecule has 0 unspecified atom stereocenters. The quantitative estimate of drug-likeness (QED) is 0.762. The smallest absolute Gasteiger partial charge is 0.356 e. The van der Waals surface area contributed by atoms with Gasteiger partial charge < -0.3 is 15.0 Å². The van der Waals surface area contributed by atoms with Crippen molar-refractivity contribution in [1.29, 1.82) is 0 Å². The van der Waals surface area contributed by atoms with Crippen LogP contribution < -0.4 is 5.32 Å². The summed E-state index contributed by atoms with van der Waals surface area (Å²) < 4.78 is 4.91. The van der Waals surface area contributed by atoms with Crippen molar-refractivity contribution in [1.82, 2.24) is 9.88 Å². The minimum atomic E-state index is -0.486. The zero-order chi connectivity index (χ0) is 21.0. The summed E-state index contributed by atoms with van der Waals surface area (Å²) in [6.07, 6.45) is 3.47. The highest BCUT2D eigenvalue weighted by atomic mass is 16.5. The number of ether oxygens (including phenoxy) is 1. The van der Waals surface area contributed by atoms with Gasteiger partial charge in [-0.25, -0.2) is 4.79 Å². The van der Waals surface area contributed by atoms with Gasteiger partial charge in [0, 0.05) is 23.5 Å². The van der Waals surface area contributed by atoms with E-state index in [1.807, 2.05) is 25.1 Å². The summed E-state index contributed by atoms with van der Waals surface area (Å²) >= 11 is 0. The van der Waals surface area contributed by atoms with Gasteiger partial charge in [0.1, 0.15) is 5.69 Å². The summed E-state index contributed by atoms with van der Waals surface area (Å²) in [5.41, 5.74) is 3.28. The fourth-order valence-corrected chi connectivity index (χ4v) is 5.82. The largest absolute Gasteiger partial charge is 0.464 e. The molecular formula is C23H31N3O3. The number of aromatic amines is 1. The molecule has 1 aliphatic carbocycles. The molecule has 1 aromatic carbocycles. The number of hydrogen-bond donors (Lipinski definition) is 2. The van der Waals surface area contributed by atoms with E-state index in [0.717, 1.165) is 35.9 Å². The maximum Gasteiger partial charge on any atom is 0.356 e. The Balaban J connectivity index is 1.56. The minimum Gasteiger partial charge on any atom is -0.464 e. The van der Waals surface area contributed by atoms with Gasteiger partial charge in [0.25, 0.3) is 0 Å². The van der Waals surface area contributed by atoms with Crippen molar-refractivity contribution in [2.75, 3.05) is 25.5 Å². The fourth-order valence-electron chi connectivity index (χ4n) is 5.82. The van der Waals surface area contributed by atoms with Gasteiger partial charge in [-0.3, -0.25) is 9.69 Å². The second-order valence-corrected chi connectivity index (χ2v) is 10.1. The van der Waals surface area contributed by atoms with Crippen LogP contribution in [0.4, 0.5) is 5.69 Å². The van der Waals surface area contributed by atoms with Crippen molar-refractivity contribution >= 4 is 28.5 Å². The van der Waals surface area contributed by atoms with E-state index in [2.05, 4.69) is 36.0 Å². The van der Waals surface area contributed by atoms with E-state index in [-0.39, 0.29) is 17.0 Å². The molecular weight excluding hydrogens is 366 g/mol. The summed E-state index contributed by atoms with van der Waals surface area (Å²) in [6, 6.07) is 6.30. The van der Waals surface area contributed by atoms with Gasteiger partial charge in [0.2, 0.25) is 5.91 Å². The van der Waals surface area contributed by atoms with Crippen molar-refractivity contribution in [2.45, 2.75) is 53.0 Å². The van der Waals surface area contributed by atoms with Gasteiger partial charge in [-0.2, -0.15) is 0 Å². The number of carbonyl (C=O) groups excluding carboxylic acids is 2. The highest BCUT2D eigenvalue weighted by Gasteiger charge is 2.49. The second kappa shape index (κ2) is 6.87. The van der Waals surface area contributed by atoms with Crippen LogP contribution in [0.3, 0.4) is 0 Å². The van der Waals surface area contributed by atoms with Crippen LogP contribution in [0.15, 0.2) is 18.2 Å². The molecule has 1 saturated carbocycles. The van der Waals surface area contributed by atoms with Crippen molar-refractivity contribution in [3.63, 3.8) is 0 Å². The third-order valence-electron chi connectivity index (χ3n) is 6.48. The van der Waals surface area contributed by atoms with E-state index >= 15 is 0 Å². The van der Waals surface area contributed by atoms with Gasteiger partial charge in [-0.05, 0) is 48.6 Å². The van der Waals surface area contributed by atoms with E-state index < -0.39 is 5.97 Å². The van der Waals surface area contributed by atoms with Crippen LogP contribution in [0.5, 0.6) is 0 Å². The molecule has 1 saturated heterocycles. The zero-order valence-corrected chi connectivity index (χ0v) is 18.0. The molecule has 0 radical (unpaired) electrons. The summed E-state index contributed by atoms with van der Waals surface area (Å²) in [7, 11) is 1.34. The van der Waals surface area contributed by atoms with Gasteiger partial charge in [0.05, 0.1) is 19.3 Å². The van der Waals surface area contributed by atoms with Crippen LogP contribution in [0, 0.1) is 17.8 Å². The Morgan fingerprint density at radius 1 is 1.28 bits per heavy atom. The summed E-state index contributed by atoms with van der Waals surface area (Å²) in [5.74, 6) is -0.578. The number of nitrogens with zero attached hydrogens (tertiary/aromatic N) is 1. The Morgan fingerprint density at radius 3 is 2.76 bits per heavy atom. The zero-order valence-electron chi connectivity index (χ0n) is 18.0. The number of aromatic nitrogens is 1. The maximum atomic E-state index is 13.0. The number of rotatable bonds is 4. The highest BCUT2D eigenvalue weighted by Crippen LogP contribution is 2.52. The molecule has 0 spiro atoms. The molecule has 6 nitrogen and oxygen atoms in total. The molecule has 29 heavy (non-hydrogen) atoms. The van der Waals surface area contributed by atoms with E-state index in [9.17, 15) is 9.59 Å². The number of aryl methyl sites for hydroxylation is 1. The number of esters is 1. The molecule has 1 amide bonds. The molecule has 2 N–H and O–H groups in total. The average Bonchev–Trinajstić information content (AvgIpc) is 3.07. The number of anilines is 1. The lowest BCUT2D eigenvalue weighted by atomic mass is 9.65. The lowest BCUT2D eigenvalue weighted by Gasteiger charge is -2.39. The van der Waals surface area contributed by atoms with Crippen molar-refractivity contribution < 1.29 is 14.3 Å². The van der Waals surface area contributed by atoms with Crippen molar-refractivity contribution in [2.24, 2.45) is 10.8 Å². The number of nitrogens with one attached hydrogen (secondary N) is 2. The van der Waals surface area contributed by atoms with Crippen LogP contribution in [0.25, 0.3) is 10.9 Å². The first-order valence-corrected chi connectivity index (χ1v) is 10.3. The number of fused-ring (bicyclic) bond motifs is 3. The molecule has 156 valence electrons. The molecule has 2 aromatic rings. The average molecular weight is 398 g/mol. The molecule has 1 aliphatic heterocycles. The van der Waals surface area contributed by atoms with Crippen LogP contribution in [0.1, 0.15) is 56.1 Å².